The van der Waals surface area contributed by atoms with Crippen LogP contribution in [0.15, 0.2) is 97.1 Å². The number of carbonyl (C=O) groups is 4. The summed E-state index contributed by atoms with van der Waals surface area (Å²) in [4.78, 5) is 55.9. The van der Waals surface area contributed by atoms with Crippen LogP contribution >= 0.6 is 0 Å². The highest BCUT2D eigenvalue weighted by Crippen LogP contribution is 2.46. The third kappa shape index (κ3) is 5.53. The van der Waals surface area contributed by atoms with Crippen LogP contribution in [0.5, 0.6) is 0 Å². The zero-order valence-electron chi connectivity index (χ0n) is 27.0. The van der Waals surface area contributed by atoms with Crippen molar-refractivity contribution in [2.24, 2.45) is 0 Å². The van der Waals surface area contributed by atoms with Crippen molar-refractivity contribution in [2.45, 2.75) is 49.6 Å². The van der Waals surface area contributed by atoms with E-state index in [2.05, 4.69) is 24.3 Å². The van der Waals surface area contributed by atoms with Gasteiger partial charge in [-0.25, -0.2) is 19.2 Å². The Labute approximate surface area is 284 Å². The molecule has 9 heteroatoms. The average Bonchev–Trinajstić information content (AvgIpc) is 3.94. The largest absolute Gasteiger partial charge is 0.448 e. The van der Waals surface area contributed by atoms with Crippen LogP contribution in [-0.4, -0.2) is 72.3 Å². The first-order valence-corrected chi connectivity index (χ1v) is 17.0. The Morgan fingerprint density at radius 2 is 0.837 bits per heavy atom. The quantitative estimate of drug-likeness (QED) is 0.127. The van der Waals surface area contributed by atoms with E-state index >= 15 is 0 Å². The molecule has 0 aromatic heterocycles. The number of esters is 2. The van der Waals surface area contributed by atoms with E-state index < -0.39 is 36.2 Å². The van der Waals surface area contributed by atoms with Gasteiger partial charge in [0.1, 0.15) is 25.3 Å². The van der Waals surface area contributed by atoms with Gasteiger partial charge in [-0.05, 0) is 70.2 Å². The lowest BCUT2D eigenvalue weighted by Crippen LogP contribution is -2.46. The average molecular weight is 657 g/mol. The van der Waals surface area contributed by atoms with Crippen molar-refractivity contribution < 1.29 is 33.4 Å². The molecule has 2 amide bonds. The molecule has 2 heterocycles. The Hall–Kier alpha value is -5.44. The van der Waals surface area contributed by atoms with E-state index in [1.165, 1.54) is 9.80 Å². The molecular formula is C40H36N2O7. The minimum Gasteiger partial charge on any atom is -0.448 e. The number of likely N-dealkylation sites (tertiary alicyclic amines) is 2. The standard InChI is InChI=1S/C40H36N2O7/c43-37(35-19-9-21-41(35)39(45)47-23-33-29-15-5-1-11-25(29)26-12-2-6-16-30(26)33)49-38(44)36-20-10-22-42(36)40(46)48-24-34-31-17-7-3-13-27(31)28-14-4-8-18-32(28)34/h1-8,11-18,33-36H,9-10,19-24H2/t35-,36-/m0/s1. The Bertz CT molecular complexity index is 1730. The molecule has 4 aliphatic rings. The molecule has 2 aliphatic heterocycles. The first kappa shape index (κ1) is 30.9. The van der Waals surface area contributed by atoms with Gasteiger partial charge in [0.25, 0.3) is 0 Å². The molecule has 0 bridgehead atoms. The fourth-order valence-corrected chi connectivity index (χ4v) is 8.05. The molecule has 0 saturated carbocycles. The van der Waals surface area contributed by atoms with Crippen molar-refractivity contribution in [3.63, 3.8) is 0 Å². The van der Waals surface area contributed by atoms with E-state index in [1.807, 2.05) is 72.8 Å². The molecule has 0 spiro atoms. The Balaban J connectivity index is 0.878. The maximum absolute atomic E-state index is 13.3. The molecule has 0 unspecified atom stereocenters. The zero-order valence-corrected chi connectivity index (χ0v) is 27.0. The molecule has 4 aromatic rings. The topological polar surface area (TPSA) is 102 Å². The molecule has 0 N–H and O–H groups in total. The Morgan fingerprint density at radius 3 is 1.18 bits per heavy atom. The summed E-state index contributed by atoms with van der Waals surface area (Å²) in [6.07, 6.45) is 0.638. The second-order valence-corrected chi connectivity index (χ2v) is 13.1. The van der Waals surface area contributed by atoms with Crippen LogP contribution in [0.3, 0.4) is 0 Å². The van der Waals surface area contributed by atoms with Gasteiger partial charge in [-0.3, -0.25) is 9.80 Å². The molecule has 8 rings (SSSR count). The second-order valence-electron chi connectivity index (χ2n) is 13.1. The first-order chi connectivity index (χ1) is 24.0. The van der Waals surface area contributed by atoms with Gasteiger partial charge in [-0.15, -0.1) is 0 Å². The van der Waals surface area contributed by atoms with E-state index in [0.29, 0.717) is 38.8 Å². The fourth-order valence-electron chi connectivity index (χ4n) is 8.05. The molecule has 2 fully saturated rings. The molecule has 0 radical (unpaired) electrons. The van der Waals surface area contributed by atoms with Crippen LogP contribution in [0.2, 0.25) is 0 Å². The number of rotatable bonds is 6. The van der Waals surface area contributed by atoms with Crippen LogP contribution in [0, 0.1) is 0 Å². The van der Waals surface area contributed by atoms with Gasteiger partial charge in [-0.1, -0.05) is 97.1 Å². The number of fused-ring (bicyclic) bond motifs is 6. The van der Waals surface area contributed by atoms with Crippen molar-refractivity contribution in [1.82, 2.24) is 9.80 Å². The second kappa shape index (κ2) is 12.9. The van der Waals surface area contributed by atoms with Crippen LogP contribution in [0.4, 0.5) is 9.59 Å². The molecule has 248 valence electrons. The normalized spacial score (nSPS) is 19.2. The summed E-state index contributed by atoms with van der Waals surface area (Å²) in [7, 11) is 0. The summed E-state index contributed by atoms with van der Waals surface area (Å²) in [6.45, 7) is 0.891. The van der Waals surface area contributed by atoms with Gasteiger partial charge in [0.05, 0.1) is 0 Å². The predicted octanol–water partition coefficient (Wildman–Crippen LogP) is 6.88. The van der Waals surface area contributed by atoms with Crippen molar-refractivity contribution in [3.8, 4) is 22.3 Å². The van der Waals surface area contributed by atoms with Crippen molar-refractivity contribution >= 4 is 24.1 Å². The van der Waals surface area contributed by atoms with Crippen LogP contribution in [0.1, 0.15) is 59.8 Å². The summed E-state index contributed by atoms with van der Waals surface area (Å²) in [5.41, 5.74) is 8.88. The predicted molar refractivity (Wildman–Crippen MR) is 181 cm³/mol. The summed E-state index contributed by atoms with van der Waals surface area (Å²) >= 11 is 0. The van der Waals surface area contributed by atoms with E-state index in [1.54, 1.807) is 0 Å². The fraction of sp³-hybridized carbons (Fsp3) is 0.300. The SMILES string of the molecule is O=C(OC(=O)[C@@H]1CCCN1C(=O)OCC1c2ccccc2-c2ccccc21)[C@@H]1CCCN1C(=O)OCC1c2ccccc2-c2ccccc21. The Kier molecular flexibility index (Phi) is 8.11. The molecule has 4 aromatic carbocycles. The summed E-state index contributed by atoms with van der Waals surface area (Å²) in [6, 6.07) is 30.4. The molecule has 2 saturated heterocycles. The van der Waals surface area contributed by atoms with Crippen LogP contribution in [0.25, 0.3) is 22.3 Å². The zero-order chi connectivity index (χ0) is 33.5. The number of hydrogen-bond acceptors (Lipinski definition) is 7. The van der Waals surface area contributed by atoms with Gasteiger partial charge in [0, 0.05) is 24.9 Å². The van der Waals surface area contributed by atoms with Crippen molar-refractivity contribution in [1.29, 1.82) is 0 Å². The molecule has 9 nitrogen and oxygen atoms in total. The summed E-state index contributed by atoms with van der Waals surface area (Å²) in [5, 5.41) is 0. The number of ether oxygens (including phenoxy) is 3. The highest BCUT2D eigenvalue weighted by Gasteiger charge is 2.42. The molecule has 49 heavy (non-hydrogen) atoms. The van der Waals surface area contributed by atoms with E-state index in [0.717, 1.165) is 44.5 Å². The minimum absolute atomic E-state index is 0.114. The summed E-state index contributed by atoms with van der Waals surface area (Å²) < 4.78 is 16.9. The smallest absolute Gasteiger partial charge is 0.410 e. The van der Waals surface area contributed by atoms with Crippen LogP contribution in [-0.2, 0) is 23.8 Å². The van der Waals surface area contributed by atoms with Crippen LogP contribution < -0.4 is 0 Å². The molecular weight excluding hydrogens is 620 g/mol. The number of benzene rings is 4. The highest BCUT2D eigenvalue weighted by molar-refractivity contribution is 5.94. The molecule has 2 atom stereocenters. The van der Waals surface area contributed by atoms with Gasteiger partial charge >= 0.3 is 24.1 Å². The maximum Gasteiger partial charge on any atom is 0.410 e. The third-order valence-corrected chi connectivity index (χ3v) is 10.4. The van der Waals surface area contributed by atoms with E-state index in [9.17, 15) is 19.2 Å². The van der Waals surface area contributed by atoms with Gasteiger partial charge in [-0.2, -0.15) is 0 Å². The van der Waals surface area contributed by atoms with E-state index in [4.69, 9.17) is 14.2 Å². The lowest BCUT2D eigenvalue weighted by molar-refractivity contribution is -0.165. The molecule has 2 aliphatic carbocycles. The van der Waals surface area contributed by atoms with Gasteiger partial charge in [0.2, 0.25) is 0 Å². The third-order valence-electron chi connectivity index (χ3n) is 10.4. The maximum atomic E-state index is 13.3. The Morgan fingerprint density at radius 1 is 0.510 bits per heavy atom. The number of carbonyl (C=O) groups excluding carboxylic acids is 4. The van der Waals surface area contributed by atoms with Crippen molar-refractivity contribution in [2.75, 3.05) is 26.3 Å². The van der Waals surface area contributed by atoms with Gasteiger partial charge < -0.3 is 14.2 Å². The van der Waals surface area contributed by atoms with E-state index in [-0.39, 0.29) is 25.0 Å². The first-order valence-electron chi connectivity index (χ1n) is 17.0. The number of nitrogens with zero attached hydrogens (tertiary/aromatic N) is 2. The number of amides is 2. The lowest BCUT2D eigenvalue weighted by Gasteiger charge is -2.26. The minimum atomic E-state index is -0.941. The van der Waals surface area contributed by atoms with Gasteiger partial charge in [0.15, 0.2) is 0 Å². The monoisotopic (exact) mass is 656 g/mol. The van der Waals surface area contributed by atoms with Crippen molar-refractivity contribution in [3.05, 3.63) is 119 Å². The lowest BCUT2D eigenvalue weighted by atomic mass is 9.98. The summed E-state index contributed by atoms with van der Waals surface area (Å²) in [5.74, 6) is -1.85. The highest BCUT2D eigenvalue weighted by atomic mass is 16.6. The number of hydrogen-bond donors (Lipinski definition) is 0.